The second-order valence-corrected chi connectivity index (χ2v) is 10.9. The average molecular weight is 766 g/mol. The molecule has 0 spiro atoms. The molecule has 0 aromatic heterocycles. The summed E-state index contributed by atoms with van der Waals surface area (Å²) in [5, 5.41) is 0. The van der Waals surface area contributed by atoms with Crippen LogP contribution in [0.25, 0.3) is 0 Å². The maximum Gasteiger partial charge on any atom is 0.261 e. The van der Waals surface area contributed by atoms with Gasteiger partial charge in [-0.3, -0.25) is 58.0 Å². The van der Waals surface area contributed by atoms with Crippen LogP contribution in [0.4, 0.5) is 0 Å². The molecule has 0 saturated carbocycles. The van der Waals surface area contributed by atoms with E-state index in [0.29, 0.717) is 44.5 Å². The van der Waals surface area contributed by atoms with Crippen LogP contribution in [0.15, 0.2) is 97.1 Å². The van der Waals surface area contributed by atoms with Crippen LogP contribution < -0.4 is 0 Å². The molecule has 8 amide bonds. The largest absolute Gasteiger partial charge is 0.277 e. The maximum atomic E-state index is 11.3. The first-order chi connectivity index (χ1) is 23.9. The van der Waals surface area contributed by atoms with Gasteiger partial charge in [0.25, 0.3) is 47.3 Å². The van der Waals surface area contributed by atoms with E-state index in [1.54, 1.807) is 97.1 Å². The lowest BCUT2D eigenvalue weighted by Gasteiger charge is -2.02. The molecule has 56 heavy (non-hydrogen) atoms. The van der Waals surface area contributed by atoms with E-state index in [4.69, 9.17) is 0 Å². The lowest BCUT2D eigenvalue weighted by molar-refractivity contribution is 0.0678. The van der Waals surface area contributed by atoms with Crippen molar-refractivity contribution in [1.29, 1.82) is 0 Å². The molecule has 13 heteroatoms. The number of nitrogens with zero attached hydrogens (tertiary/aromatic N) is 4. The van der Waals surface area contributed by atoms with E-state index in [1.165, 1.54) is 28.2 Å². The first kappa shape index (κ1) is 53.9. The standard InChI is InChI=1S/4C9H7NO2.C2H6.5CH4.B/c4*1-10-8(11)6-4-2-3-5-7(6)9(10)12;1-2;;;;;;/h4*2-5H,1H3;1-2H3;5*1H4;. The monoisotopic (exact) mass is 765 g/mol. The van der Waals surface area contributed by atoms with E-state index in [9.17, 15) is 38.4 Å². The Balaban J connectivity index is -0.000000636. The fraction of sp³-hybridized carbons (Fsp3) is 0.256. The van der Waals surface area contributed by atoms with E-state index >= 15 is 0 Å². The quantitative estimate of drug-likeness (QED) is 0.132. The van der Waals surface area contributed by atoms with Crippen molar-refractivity contribution in [1.82, 2.24) is 19.6 Å². The number of benzene rings is 4. The van der Waals surface area contributed by atoms with Gasteiger partial charge < -0.3 is 0 Å². The molecule has 0 N–H and O–H groups in total. The molecule has 0 aliphatic carbocycles. The molecule has 8 rings (SSSR count). The molecule has 4 heterocycles. The molecule has 4 aromatic rings. The van der Waals surface area contributed by atoms with Gasteiger partial charge in [0.2, 0.25) is 0 Å². The average Bonchev–Trinajstić information content (AvgIpc) is 3.71. The summed E-state index contributed by atoms with van der Waals surface area (Å²) < 4.78 is 0. The summed E-state index contributed by atoms with van der Waals surface area (Å²) in [5.74, 6) is -1.70. The van der Waals surface area contributed by atoms with Crippen LogP contribution >= 0.6 is 0 Å². The minimum absolute atomic E-state index is 0. The molecule has 3 radical (unpaired) electrons. The highest BCUT2D eigenvalue weighted by atomic mass is 16.2. The fourth-order valence-electron chi connectivity index (χ4n) is 5.24. The number of imide groups is 4. The van der Waals surface area contributed by atoms with Crippen molar-refractivity contribution in [3.05, 3.63) is 142 Å². The van der Waals surface area contributed by atoms with Gasteiger partial charge in [0.15, 0.2) is 0 Å². The number of rotatable bonds is 0. The highest BCUT2D eigenvalue weighted by Crippen LogP contribution is 2.23. The van der Waals surface area contributed by atoms with Crippen LogP contribution in [0, 0.1) is 0 Å². The van der Waals surface area contributed by atoms with Crippen molar-refractivity contribution >= 4 is 55.7 Å². The Hall–Kier alpha value is -6.50. The zero-order valence-electron chi connectivity index (χ0n) is 28.9. The van der Waals surface area contributed by atoms with Crippen LogP contribution in [0.1, 0.15) is 134 Å². The Morgan fingerprint density at radius 2 is 0.357 bits per heavy atom. The van der Waals surface area contributed by atoms with Crippen molar-refractivity contribution in [3.63, 3.8) is 0 Å². The minimum atomic E-state index is -0.212. The van der Waals surface area contributed by atoms with Gasteiger partial charge in [-0.2, -0.15) is 0 Å². The molecule has 4 aliphatic heterocycles. The zero-order valence-corrected chi connectivity index (χ0v) is 28.9. The van der Waals surface area contributed by atoms with Crippen LogP contribution in [0.5, 0.6) is 0 Å². The third-order valence-corrected chi connectivity index (χ3v) is 7.99. The zero-order chi connectivity index (χ0) is 36.9. The highest BCUT2D eigenvalue weighted by molar-refractivity contribution is 6.23. The van der Waals surface area contributed by atoms with E-state index in [1.807, 2.05) is 13.8 Å². The van der Waals surface area contributed by atoms with Gasteiger partial charge in [0.05, 0.1) is 44.5 Å². The molecular formula is C43H54BN4O8. The Bertz CT molecular complexity index is 1650. The first-order valence-corrected chi connectivity index (χ1v) is 15.5. The second kappa shape index (κ2) is 22.7. The topological polar surface area (TPSA) is 150 Å². The molecule has 0 bridgehead atoms. The van der Waals surface area contributed by atoms with E-state index < -0.39 is 0 Å². The summed E-state index contributed by atoms with van der Waals surface area (Å²) >= 11 is 0. The van der Waals surface area contributed by atoms with E-state index in [0.717, 1.165) is 19.6 Å². The SMILES string of the molecule is C.C.C.C.C.CC.CN1C(=O)c2ccccc2C1=O.CN1C(=O)c2ccccc2C1=O.CN1C(=O)c2ccccc2C1=O.CN1C(=O)c2ccccc2C1=O.[B]. The van der Waals surface area contributed by atoms with Gasteiger partial charge in [-0.15, -0.1) is 0 Å². The fourth-order valence-corrected chi connectivity index (χ4v) is 5.24. The Morgan fingerprint density at radius 1 is 0.268 bits per heavy atom. The lowest BCUT2D eigenvalue weighted by Crippen LogP contribution is -2.24. The van der Waals surface area contributed by atoms with Crippen LogP contribution in [-0.2, 0) is 0 Å². The molecular weight excluding hydrogens is 711 g/mol. The van der Waals surface area contributed by atoms with E-state index in [2.05, 4.69) is 0 Å². The summed E-state index contributed by atoms with van der Waals surface area (Å²) in [6.45, 7) is 4.00. The molecule has 4 aliphatic rings. The summed E-state index contributed by atoms with van der Waals surface area (Å²) in [6, 6.07) is 27.4. The molecule has 0 unspecified atom stereocenters. The highest BCUT2D eigenvalue weighted by Gasteiger charge is 2.34. The number of carbonyl (C=O) groups excluding carboxylic acids is 8. The number of fused-ring (bicyclic) bond motifs is 4. The number of carbonyl (C=O) groups is 8. The molecule has 4 aromatic carbocycles. The molecule has 12 nitrogen and oxygen atoms in total. The summed E-state index contributed by atoms with van der Waals surface area (Å²) in [5.41, 5.74) is 4.04. The number of hydrogen-bond acceptors (Lipinski definition) is 8. The van der Waals surface area contributed by atoms with Gasteiger partial charge in [-0.05, 0) is 48.5 Å². The normalized spacial score (nSPS) is 13.2. The third-order valence-electron chi connectivity index (χ3n) is 7.99. The Kier molecular flexibility index (Phi) is 21.8. The van der Waals surface area contributed by atoms with Crippen molar-refractivity contribution in [2.75, 3.05) is 28.2 Å². The predicted molar refractivity (Wildman–Crippen MR) is 222 cm³/mol. The van der Waals surface area contributed by atoms with Crippen molar-refractivity contribution in [2.24, 2.45) is 0 Å². The number of hydrogen-bond donors (Lipinski definition) is 0. The van der Waals surface area contributed by atoms with Gasteiger partial charge in [-0.25, -0.2) is 0 Å². The van der Waals surface area contributed by atoms with E-state index in [-0.39, 0.29) is 92.8 Å². The van der Waals surface area contributed by atoms with Crippen LogP contribution in [-0.4, -0.2) is 103 Å². The van der Waals surface area contributed by atoms with Crippen molar-refractivity contribution in [3.8, 4) is 0 Å². The van der Waals surface area contributed by atoms with Crippen molar-refractivity contribution in [2.45, 2.75) is 51.0 Å². The molecule has 297 valence electrons. The molecule has 0 atom stereocenters. The van der Waals surface area contributed by atoms with Gasteiger partial charge in [-0.1, -0.05) is 99.5 Å². The van der Waals surface area contributed by atoms with Gasteiger partial charge in [0.1, 0.15) is 0 Å². The number of amides is 8. The lowest BCUT2D eigenvalue weighted by atomic mass is 10.1. The summed E-state index contributed by atoms with van der Waals surface area (Å²) in [7, 11) is 5.96. The third kappa shape index (κ3) is 9.97. The summed E-state index contributed by atoms with van der Waals surface area (Å²) in [6.07, 6.45) is 0. The van der Waals surface area contributed by atoms with Gasteiger partial charge >= 0.3 is 0 Å². The predicted octanol–water partition coefficient (Wildman–Crippen LogP) is 7.48. The molecule has 0 fully saturated rings. The summed E-state index contributed by atoms with van der Waals surface area (Å²) in [4.78, 5) is 95.0. The smallest absolute Gasteiger partial charge is 0.261 e. The minimum Gasteiger partial charge on any atom is -0.277 e. The van der Waals surface area contributed by atoms with Crippen LogP contribution in [0.3, 0.4) is 0 Å². The second-order valence-electron chi connectivity index (χ2n) is 10.9. The molecule has 0 saturated heterocycles. The van der Waals surface area contributed by atoms with Crippen molar-refractivity contribution < 1.29 is 38.4 Å². The first-order valence-electron chi connectivity index (χ1n) is 15.5. The maximum absolute atomic E-state index is 11.3. The Labute approximate surface area is 333 Å². The van der Waals surface area contributed by atoms with Gasteiger partial charge in [0, 0.05) is 36.6 Å². The van der Waals surface area contributed by atoms with Crippen LogP contribution in [0.2, 0.25) is 0 Å². The Morgan fingerprint density at radius 3 is 0.446 bits per heavy atom.